The molecule has 2 heteroatoms. The van der Waals surface area contributed by atoms with E-state index in [0.29, 0.717) is 0 Å². The highest BCUT2D eigenvalue weighted by Crippen LogP contribution is 2.35. The molecule has 19 heavy (non-hydrogen) atoms. The van der Waals surface area contributed by atoms with Gasteiger partial charge in [0.1, 0.15) is 0 Å². The van der Waals surface area contributed by atoms with Gasteiger partial charge >= 0.3 is 0 Å². The second-order valence-corrected chi connectivity index (χ2v) is 6.47. The fourth-order valence-electron chi connectivity index (χ4n) is 2.52. The zero-order valence-corrected chi connectivity index (χ0v) is 14.1. The summed E-state index contributed by atoms with van der Waals surface area (Å²) in [6.45, 7) is 8.47. The average molecular weight is 338 g/mol. The fourth-order valence-corrected chi connectivity index (χ4v) is 3.40. The van der Waals surface area contributed by atoms with Crippen molar-refractivity contribution in [3.8, 4) is 0 Å². The first-order valence-electron chi connectivity index (χ1n) is 6.38. The van der Waals surface area contributed by atoms with E-state index in [0.717, 1.165) is 10.0 Å². The molecule has 0 aliphatic heterocycles. The molecular weight excluding hydrogens is 320 g/mol. The normalized spacial score (nSPS) is 12.5. The predicted molar refractivity (Wildman–Crippen MR) is 87.2 cm³/mol. The second kappa shape index (κ2) is 5.68. The zero-order chi connectivity index (χ0) is 14.2. The zero-order valence-electron chi connectivity index (χ0n) is 11.7. The highest BCUT2D eigenvalue weighted by atomic mass is 79.9. The molecule has 100 valence electrons. The Morgan fingerprint density at radius 3 is 2.00 bits per heavy atom. The summed E-state index contributed by atoms with van der Waals surface area (Å²) in [7, 11) is 0. The summed E-state index contributed by atoms with van der Waals surface area (Å²) in [4.78, 5) is 0. The molecule has 0 radical (unpaired) electrons. The van der Waals surface area contributed by atoms with Gasteiger partial charge in [-0.15, -0.1) is 11.6 Å². The standard InChI is InChI=1S/C17H18BrCl/c1-10-7-12(3)16(13(4)8-10)17(19)14-6-5-11(2)15(18)9-14/h5-9,17H,1-4H3. The molecule has 0 amide bonds. The van der Waals surface area contributed by atoms with Gasteiger partial charge in [-0.05, 0) is 61.6 Å². The highest BCUT2D eigenvalue weighted by Gasteiger charge is 2.16. The van der Waals surface area contributed by atoms with Gasteiger partial charge in [-0.3, -0.25) is 0 Å². The lowest BCUT2D eigenvalue weighted by Crippen LogP contribution is -2.00. The van der Waals surface area contributed by atoms with Gasteiger partial charge in [0.05, 0.1) is 5.38 Å². The van der Waals surface area contributed by atoms with Crippen LogP contribution >= 0.6 is 27.5 Å². The van der Waals surface area contributed by atoms with Gasteiger partial charge in [-0.1, -0.05) is 45.8 Å². The van der Waals surface area contributed by atoms with Crippen molar-refractivity contribution in [3.63, 3.8) is 0 Å². The van der Waals surface area contributed by atoms with Crippen LogP contribution in [0.15, 0.2) is 34.8 Å². The third kappa shape index (κ3) is 3.04. The van der Waals surface area contributed by atoms with Crippen LogP contribution in [-0.2, 0) is 0 Å². The molecule has 2 rings (SSSR count). The maximum absolute atomic E-state index is 6.70. The largest absolute Gasteiger partial charge is 0.113 e. The Kier molecular flexibility index (Phi) is 4.37. The highest BCUT2D eigenvalue weighted by molar-refractivity contribution is 9.10. The molecule has 0 fully saturated rings. The van der Waals surface area contributed by atoms with Crippen LogP contribution in [0.1, 0.15) is 38.8 Å². The molecule has 0 aromatic heterocycles. The van der Waals surface area contributed by atoms with E-state index < -0.39 is 0 Å². The van der Waals surface area contributed by atoms with Crippen molar-refractivity contribution < 1.29 is 0 Å². The second-order valence-electron chi connectivity index (χ2n) is 5.18. The molecule has 0 bridgehead atoms. The van der Waals surface area contributed by atoms with E-state index in [-0.39, 0.29) is 5.38 Å². The van der Waals surface area contributed by atoms with Crippen LogP contribution in [0.3, 0.4) is 0 Å². The van der Waals surface area contributed by atoms with Crippen LogP contribution in [0.2, 0.25) is 0 Å². The molecule has 1 unspecified atom stereocenters. The summed E-state index contributed by atoms with van der Waals surface area (Å²) in [6, 6.07) is 10.7. The summed E-state index contributed by atoms with van der Waals surface area (Å²) < 4.78 is 1.11. The van der Waals surface area contributed by atoms with Crippen molar-refractivity contribution in [2.45, 2.75) is 33.1 Å². The Bertz CT molecular complexity index is 594. The molecular formula is C17H18BrCl. The summed E-state index contributed by atoms with van der Waals surface area (Å²) in [5.41, 5.74) is 7.39. The van der Waals surface area contributed by atoms with Crippen molar-refractivity contribution >= 4 is 27.5 Å². The molecule has 0 spiro atoms. The maximum atomic E-state index is 6.70. The minimum Gasteiger partial charge on any atom is -0.113 e. The molecule has 0 nitrogen and oxygen atoms in total. The SMILES string of the molecule is Cc1cc(C)c(C(Cl)c2ccc(C)c(Br)c2)c(C)c1. The lowest BCUT2D eigenvalue weighted by atomic mass is 9.93. The quantitative estimate of drug-likeness (QED) is 0.589. The van der Waals surface area contributed by atoms with Crippen LogP contribution in [-0.4, -0.2) is 0 Å². The molecule has 2 aromatic carbocycles. The van der Waals surface area contributed by atoms with E-state index in [4.69, 9.17) is 11.6 Å². The van der Waals surface area contributed by atoms with E-state index in [1.165, 1.54) is 27.8 Å². The first kappa shape index (κ1) is 14.6. The van der Waals surface area contributed by atoms with Crippen LogP contribution < -0.4 is 0 Å². The van der Waals surface area contributed by atoms with Gasteiger partial charge in [0, 0.05) is 4.47 Å². The lowest BCUT2D eigenvalue weighted by molar-refractivity contribution is 1.07. The molecule has 0 aliphatic carbocycles. The van der Waals surface area contributed by atoms with Gasteiger partial charge in [0.2, 0.25) is 0 Å². The molecule has 0 heterocycles. The lowest BCUT2D eigenvalue weighted by Gasteiger charge is -2.18. The number of halogens is 2. The average Bonchev–Trinajstić information content (AvgIpc) is 2.31. The minimum absolute atomic E-state index is 0.0995. The van der Waals surface area contributed by atoms with E-state index in [9.17, 15) is 0 Å². The van der Waals surface area contributed by atoms with Crippen molar-refractivity contribution in [1.82, 2.24) is 0 Å². The van der Waals surface area contributed by atoms with Gasteiger partial charge in [0.25, 0.3) is 0 Å². The summed E-state index contributed by atoms with van der Waals surface area (Å²) >= 11 is 10.3. The van der Waals surface area contributed by atoms with E-state index in [1.807, 2.05) is 0 Å². The number of rotatable bonds is 2. The first-order chi connectivity index (χ1) is 8.90. The Morgan fingerprint density at radius 2 is 1.47 bits per heavy atom. The van der Waals surface area contributed by atoms with Crippen LogP contribution in [0, 0.1) is 27.7 Å². The summed E-state index contributed by atoms with van der Waals surface area (Å²) in [5, 5.41) is -0.0995. The molecule has 0 aliphatic rings. The van der Waals surface area contributed by atoms with Crippen LogP contribution in [0.25, 0.3) is 0 Å². The molecule has 0 saturated heterocycles. The van der Waals surface area contributed by atoms with Gasteiger partial charge in [-0.25, -0.2) is 0 Å². The van der Waals surface area contributed by atoms with E-state index >= 15 is 0 Å². The Hall–Kier alpha value is -0.790. The van der Waals surface area contributed by atoms with Crippen LogP contribution in [0.5, 0.6) is 0 Å². The monoisotopic (exact) mass is 336 g/mol. The number of benzene rings is 2. The van der Waals surface area contributed by atoms with Gasteiger partial charge in [-0.2, -0.15) is 0 Å². The Morgan fingerprint density at radius 1 is 0.895 bits per heavy atom. The van der Waals surface area contributed by atoms with Crippen LogP contribution in [0.4, 0.5) is 0 Å². The van der Waals surface area contributed by atoms with E-state index in [2.05, 4.69) is 74.0 Å². The Balaban J connectivity index is 2.49. The number of aryl methyl sites for hydroxylation is 4. The van der Waals surface area contributed by atoms with Crippen molar-refractivity contribution in [2.24, 2.45) is 0 Å². The van der Waals surface area contributed by atoms with Gasteiger partial charge < -0.3 is 0 Å². The third-order valence-electron chi connectivity index (χ3n) is 3.48. The van der Waals surface area contributed by atoms with Gasteiger partial charge in [0.15, 0.2) is 0 Å². The number of alkyl halides is 1. The molecule has 0 N–H and O–H groups in total. The van der Waals surface area contributed by atoms with Crippen molar-refractivity contribution in [3.05, 3.63) is 68.2 Å². The Labute approximate surface area is 128 Å². The minimum atomic E-state index is -0.0995. The first-order valence-corrected chi connectivity index (χ1v) is 7.61. The smallest absolute Gasteiger partial charge is 0.0840 e. The maximum Gasteiger partial charge on any atom is 0.0840 e. The summed E-state index contributed by atoms with van der Waals surface area (Å²) in [6.07, 6.45) is 0. The number of hydrogen-bond acceptors (Lipinski definition) is 0. The molecule has 2 aromatic rings. The topological polar surface area (TPSA) is 0 Å². The predicted octanol–water partition coefficient (Wildman–Crippen LogP) is 6.01. The third-order valence-corrected chi connectivity index (χ3v) is 4.80. The van der Waals surface area contributed by atoms with Crippen molar-refractivity contribution in [2.75, 3.05) is 0 Å². The molecule has 1 atom stereocenters. The summed E-state index contributed by atoms with van der Waals surface area (Å²) in [5.74, 6) is 0. The van der Waals surface area contributed by atoms with E-state index in [1.54, 1.807) is 0 Å². The number of hydrogen-bond donors (Lipinski definition) is 0. The fraction of sp³-hybridized carbons (Fsp3) is 0.294. The van der Waals surface area contributed by atoms with Crippen molar-refractivity contribution in [1.29, 1.82) is 0 Å². The molecule has 0 saturated carbocycles.